The van der Waals surface area contributed by atoms with Gasteiger partial charge in [0.2, 0.25) is 0 Å². The predicted octanol–water partition coefficient (Wildman–Crippen LogP) is 2.79. The summed E-state index contributed by atoms with van der Waals surface area (Å²) in [4.78, 5) is 13.8. The fraction of sp³-hybridized carbons (Fsp3) is 0.562. The maximum Gasteiger partial charge on any atom is 0.410 e. The van der Waals surface area contributed by atoms with Gasteiger partial charge in [-0.1, -0.05) is 30.3 Å². The third kappa shape index (κ3) is 4.53. The molecule has 20 heavy (non-hydrogen) atoms. The van der Waals surface area contributed by atoms with Gasteiger partial charge in [0.25, 0.3) is 0 Å². The van der Waals surface area contributed by atoms with Gasteiger partial charge in [-0.25, -0.2) is 4.79 Å². The highest BCUT2D eigenvalue weighted by molar-refractivity contribution is 5.68. The fourth-order valence-corrected chi connectivity index (χ4v) is 2.47. The standard InChI is InChI=1S/C16H24N2O2/c1-16(2,3)17-14-9-10-18(11-14)15(19)20-12-13-7-5-4-6-8-13/h4-8,14,17H,9-12H2,1-3H3. The molecule has 1 aliphatic rings. The summed E-state index contributed by atoms with van der Waals surface area (Å²) in [5.41, 5.74) is 1.10. The molecule has 1 N–H and O–H groups in total. The largest absolute Gasteiger partial charge is 0.445 e. The molecule has 1 amide bonds. The number of carbonyl (C=O) groups excluding carboxylic acids is 1. The van der Waals surface area contributed by atoms with Crippen LogP contribution in [-0.2, 0) is 11.3 Å². The number of nitrogens with zero attached hydrogens (tertiary/aromatic N) is 1. The van der Waals surface area contributed by atoms with E-state index in [1.165, 1.54) is 0 Å². The third-order valence-electron chi connectivity index (χ3n) is 3.29. The monoisotopic (exact) mass is 276 g/mol. The normalized spacial score (nSPS) is 19.1. The molecule has 1 aromatic rings. The van der Waals surface area contributed by atoms with E-state index in [4.69, 9.17) is 4.74 Å². The summed E-state index contributed by atoms with van der Waals surface area (Å²) < 4.78 is 5.35. The van der Waals surface area contributed by atoms with E-state index >= 15 is 0 Å². The van der Waals surface area contributed by atoms with Gasteiger partial charge in [0.15, 0.2) is 0 Å². The Morgan fingerprint density at radius 1 is 1.35 bits per heavy atom. The van der Waals surface area contributed by atoms with E-state index in [0.29, 0.717) is 12.6 Å². The maximum atomic E-state index is 12.0. The number of benzene rings is 1. The zero-order chi connectivity index (χ0) is 14.6. The molecular weight excluding hydrogens is 252 g/mol. The number of nitrogens with one attached hydrogen (secondary N) is 1. The van der Waals surface area contributed by atoms with Crippen molar-refractivity contribution in [3.05, 3.63) is 35.9 Å². The van der Waals surface area contributed by atoms with Gasteiger partial charge in [-0.05, 0) is 32.8 Å². The second-order valence-corrected chi connectivity index (χ2v) is 6.37. The topological polar surface area (TPSA) is 41.6 Å². The van der Waals surface area contributed by atoms with Gasteiger partial charge in [-0.15, -0.1) is 0 Å². The van der Waals surface area contributed by atoms with Gasteiger partial charge in [-0.2, -0.15) is 0 Å². The number of likely N-dealkylation sites (tertiary alicyclic amines) is 1. The molecule has 1 fully saturated rings. The number of amides is 1. The van der Waals surface area contributed by atoms with Gasteiger partial charge in [0.05, 0.1) is 0 Å². The number of hydrogen-bond acceptors (Lipinski definition) is 3. The molecule has 0 aromatic heterocycles. The van der Waals surface area contributed by atoms with E-state index in [0.717, 1.165) is 25.1 Å². The minimum absolute atomic E-state index is 0.0780. The molecule has 0 saturated carbocycles. The van der Waals surface area contributed by atoms with Crippen LogP contribution in [0.3, 0.4) is 0 Å². The first-order valence-electron chi connectivity index (χ1n) is 7.17. The molecule has 110 valence electrons. The molecule has 2 rings (SSSR count). The van der Waals surface area contributed by atoms with Crippen molar-refractivity contribution in [3.8, 4) is 0 Å². The summed E-state index contributed by atoms with van der Waals surface area (Å²) in [7, 11) is 0. The van der Waals surface area contributed by atoms with Crippen LogP contribution in [0.5, 0.6) is 0 Å². The van der Waals surface area contributed by atoms with Crippen LogP contribution >= 0.6 is 0 Å². The highest BCUT2D eigenvalue weighted by atomic mass is 16.6. The van der Waals surface area contributed by atoms with Crippen molar-refractivity contribution in [2.75, 3.05) is 13.1 Å². The van der Waals surface area contributed by atoms with Crippen LogP contribution in [0.25, 0.3) is 0 Å². The van der Waals surface area contributed by atoms with Crippen molar-refractivity contribution in [2.45, 2.75) is 45.4 Å². The second-order valence-electron chi connectivity index (χ2n) is 6.37. The van der Waals surface area contributed by atoms with Crippen molar-refractivity contribution in [2.24, 2.45) is 0 Å². The van der Waals surface area contributed by atoms with Crippen molar-refractivity contribution < 1.29 is 9.53 Å². The molecule has 4 nitrogen and oxygen atoms in total. The van der Waals surface area contributed by atoms with Crippen molar-refractivity contribution in [3.63, 3.8) is 0 Å². The lowest BCUT2D eigenvalue weighted by atomic mass is 10.1. The Labute approximate surface area is 121 Å². The summed E-state index contributed by atoms with van der Waals surface area (Å²) in [5.74, 6) is 0. The zero-order valence-corrected chi connectivity index (χ0v) is 12.6. The Hall–Kier alpha value is -1.55. The summed E-state index contributed by atoms with van der Waals surface area (Å²) in [6.07, 6.45) is 0.768. The highest BCUT2D eigenvalue weighted by Crippen LogP contribution is 2.14. The Morgan fingerprint density at radius 2 is 2.05 bits per heavy atom. The van der Waals surface area contributed by atoms with Crippen LogP contribution < -0.4 is 5.32 Å². The summed E-state index contributed by atoms with van der Waals surface area (Å²) in [6, 6.07) is 10.1. The molecule has 1 saturated heterocycles. The number of rotatable bonds is 3. The van der Waals surface area contributed by atoms with Crippen LogP contribution in [0.15, 0.2) is 30.3 Å². The molecule has 1 heterocycles. The molecule has 0 spiro atoms. The summed E-state index contributed by atoms with van der Waals surface area (Å²) in [5, 5.41) is 3.53. The van der Waals surface area contributed by atoms with E-state index in [1.807, 2.05) is 30.3 Å². The van der Waals surface area contributed by atoms with Gasteiger partial charge in [0, 0.05) is 24.7 Å². The van der Waals surface area contributed by atoms with Crippen LogP contribution in [0, 0.1) is 0 Å². The van der Waals surface area contributed by atoms with E-state index in [2.05, 4.69) is 26.1 Å². The van der Waals surface area contributed by atoms with Crippen LogP contribution in [0.2, 0.25) is 0 Å². The summed E-state index contributed by atoms with van der Waals surface area (Å²) >= 11 is 0. The van der Waals surface area contributed by atoms with Crippen LogP contribution in [-0.4, -0.2) is 35.7 Å². The lowest BCUT2D eigenvalue weighted by Crippen LogP contribution is -2.45. The number of hydrogen-bond donors (Lipinski definition) is 1. The number of carbonyl (C=O) groups is 1. The van der Waals surface area contributed by atoms with Crippen LogP contribution in [0.4, 0.5) is 4.79 Å². The molecular formula is C16H24N2O2. The average molecular weight is 276 g/mol. The van der Waals surface area contributed by atoms with Gasteiger partial charge in [0.1, 0.15) is 6.61 Å². The zero-order valence-electron chi connectivity index (χ0n) is 12.6. The lowest BCUT2D eigenvalue weighted by molar-refractivity contribution is 0.103. The summed E-state index contributed by atoms with van der Waals surface area (Å²) in [6.45, 7) is 8.26. The SMILES string of the molecule is CC(C)(C)NC1CCN(C(=O)OCc2ccccc2)C1. The minimum atomic E-state index is -0.216. The molecule has 0 bridgehead atoms. The van der Waals surface area contributed by atoms with Gasteiger partial charge in [-0.3, -0.25) is 0 Å². The van der Waals surface area contributed by atoms with Gasteiger partial charge < -0.3 is 15.0 Å². The van der Waals surface area contributed by atoms with Crippen LogP contribution in [0.1, 0.15) is 32.8 Å². The first kappa shape index (κ1) is 14.9. The quantitative estimate of drug-likeness (QED) is 0.923. The molecule has 1 unspecified atom stereocenters. The average Bonchev–Trinajstić information content (AvgIpc) is 2.83. The fourth-order valence-electron chi connectivity index (χ4n) is 2.47. The Kier molecular flexibility index (Phi) is 4.65. The second kappa shape index (κ2) is 6.27. The Morgan fingerprint density at radius 3 is 2.70 bits per heavy atom. The first-order valence-corrected chi connectivity index (χ1v) is 7.17. The van der Waals surface area contributed by atoms with Crippen molar-refractivity contribution in [1.82, 2.24) is 10.2 Å². The third-order valence-corrected chi connectivity index (χ3v) is 3.29. The molecule has 1 aromatic carbocycles. The number of ether oxygens (including phenoxy) is 1. The van der Waals surface area contributed by atoms with E-state index in [1.54, 1.807) is 4.90 Å². The van der Waals surface area contributed by atoms with E-state index < -0.39 is 0 Å². The first-order chi connectivity index (χ1) is 9.44. The molecule has 1 aliphatic heterocycles. The Balaban J connectivity index is 1.77. The molecule has 1 atom stereocenters. The van der Waals surface area contributed by atoms with E-state index in [-0.39, 0.29) is 11.6 Å². The predicted molar refractivity (Wildman–Crippen MR) is 79.5 cm³/mol. The molecule has 0 aliphatic carbocycles. The minimum Gasteiger partial charge on any atom is -0.445 e. The van der Waals surface area contributed by atoms with E-state index in [9.17, 15) is 4.79 Å². The maximum absolute atomic E-state index is 12.0. The van der Waals surface area contributed by atoms with Crippen molar-refractivity contribution in [1.29, 1.82) is 0 Å². The lowest BCUT2D eigenvalue weighted by Gasteiger charge is -2.25. The molecule has 4 heteroatoms. The van der Waals surface area contributed by atoms with Gasteiger partial charge >= 0.3 is 6.09 Å². The smallest absolute Gasteiger partial charge is 0.410 e. The van der Waals surface area contributed by atoms with Crippen molar-refractivity contribution >= 4 is 6.09 Å². The molecule has 0 radical (unpaired) electrons. The highest BCUT2D eigenvalue weighted by Gasteiger charge is 2.29. The Bertz CT molecular complexity index is 440.